The molecule has 0 atom stereocenters. The van der Waals surface area contributed by atoms with Crippen LogP contribution in [0.2, 0.25) is 0 Å². The minimum atomic E-state index is -4.30. The first-order chi connectivity index (χ1) is 25.0. The number of anilines is 7. The average Bonchev–Trinajstić information content (AvgIpc) is 3.66. The topological polar surface area (TPSA) is 192 Å². The second kappa shape index (κ2) is 17.4. The second-order valence-corrected chi connectivity index (χ2v) is 14.1. The van der Waals surface area contributed by atoms with Crippen LogP contribution in [-0.4, -0.2) is 27.0 Å². The van der Waals surface area contributed by atoms with Crippen LogP contribution in [0.5, 0.6) is 0 Å². The Morgan fingerprint density at radius 3 is 1.51 bits per heavy atom. The number of nitrogens with one attached hydrogen (secondary N) is 4. The molecule has 0 aliphatic carbocycles. The Labute approximate surface area is 311 Å². The van der Waals surface area contributed by atoms with Gasteiger partial charge in [0.2, 0.25) is 0 Å². The van der Waals surface area contributed by atoms with Crippen LogP contribution in [0.3, 0.4) is 0 Å². The van der Waals surface area contributed by atoms with Gasteiger partial charge in [-0.2, -0.15) is 13.2 Å². The molecule has 2 aromatic heterocycles. The Hall–Kier alpha value is -6.13. The molecule has 0 saturated heterocycles. The lowest BCUT2D eigenvalue weighted by molar-refractivity contribution is -0.137. The van der Waals surface area contributed by atoms with E-state index in [2.05, 4.69) is 46.7 Å². The SMILES string of the molecule is CC(C)(C)c1ccc(NC(=O)c2sc(Nc3ccccc3)nc2N)cc1.Nc1nc(Nc2ccccc2)sc1C(=O)O.[NH-]c1ccc(C(F)(F)F)cc1. The Kier molecular flexibility index (Phi) is 13.0. The monoisotopic (exact) mass is 761 g/mol. The zero-order valence-corrected chi connectivity index (χ0v) is 30.3. The van der Waals surface area contributed by atoms with Crippen molar-refractivity contribution in [2.75, 3.05) is 27.4 Å². The third-order valence-corrected chi connectivity index (χ3v) is 8.94. The van der Waals surface area contributed by atoms with Crippen LogP contribution in [0.1, 0.15) is 51.2 Å². The lowest BCUT2D eigenvalue weighted by atomic mass is 9.87. The van der Waals surface area contributed by atoms with Gasteiger partial charge in [0.1, 0.15) is 10.7 Å². The van der Waals surface area contributed by atoms with Crippen LogP contribution in [0.4, 0.5) is 57.8 Å². The Morgan fingerprint density at radius 1 is 0.660 bits per heavy atom. The third-order valence-electron chi connectivity index (χ3n) is 6.98. The number of halogens is 3. The van der Waals surface area contributed by atoms with E-state index in [1.54, 1.807) is 0 Å². The van der Waals surface area contributed by atoms with Gasteiger partial charge in [-0.05, 0) is 47.4 Å². The van der Waals surface area contributed by atoms with E-state index in [-0.39, 0.29) is 33.5 Å². The average molecular weight is 762 g/mol. The number of amides is 1. The molecule has 0 aliphatic rings. The molecule has 9 N–H and O–H groups in total. The summed E-state index contributed by atoms with van der Waals surface area (Å²) in [6.07, 6.45) is -4.30. The summed E-state index contributed by atoms with van der Waals surface area (Å²) in [6, 6.07) is 30.8. The maximum Gasteiger partial charge on any atom is 0.416 e. The summed E-state index contributed by atoms with van der Waals surface area (Å²) in [5.74, 6) is -1.06. The number of nitrogens with two attached hydrogens (primary N) is 2. The largest absolute Gasteiger partial charge is 0.699 e. The van der Waals surface area contributed by atoms with Crippen molar-refractivity contribution in [3.05, 3.63) is 136 Å². The number of carbonyl (C=O) groups excluding carboxylic acids is 1. The van der Waals surface area contributed by atoms with Gasteiger partial charge >= 0.3 is 12.1 Å². The summed E-state index contributed by atoms with van der Waals surface area (Å²) in [5, 5.41) is 18.9. The molecule has 0 saturated carbocycles. The van der Waals surface area contributed by atoms with Gasteiger partial charge in [0.25, 0.3) is 5.91 Å². The van der Waals surface area contributed by atoms with Crippen LogP contribution < -0.4 is 27.4 Å². The number of aromatic nitrogens is 2. The predicted octanol–water partition coefficient (Wildman–Crippen LogP) is 10.6. The molecule has 0 unspecified atom stereocenters. The Balaban J connectivity index is 0.000000197. The number of nitrogen functional groups attached to an aromatic ring is 2. The molecule has 1 amide bonds. The minimum absolute atomic E-state index is 0.0379. The molecular weight excluding hydrogens is 726 g/mol. The molecule has 53 heavy (non-hydrogen) atoms. The van der Waals surface area contributed by atoms with Crippen molar-refractivity contribution in [1.82, 2.24) is 9.97 Å². The van der Waals surface area contributed by atoms with Crippen LogP contribution in [0, 0.1) is 0 Å². The molecule has 0 spiro atoms. The summed E-state index contributed by atoms with van der Waals surface area (Å²) >= 11 is 2.25. The molecule has 0 fully saturated rings. The number of hydrogen-bond acceptors (Lipinski definition) is 10. The molecule has 0 radical (unpaired) electrons. The number of hydrogen-bond donors (Lipinski definition) is 6. The maximum atomic E-state index is 12.5. The Morgan fingerprint density at radius 2 is 1.09 bits per heavy atom. The van der Waals surface area contributed by atoms with Gasteiger partial charge < -0.3 is 38.3 Å². The maximum absolute atomic E-state index is 12.5. The first-order valence-electron chi connectivity index (χ1n) is 15.7. The molecular formula is C37H36F3N8O3S2-. The van der Waals surface area contributed by atoms with Crippen molar-refractivity contribution in [2.24, 2.45) is 0 Å². The quantitative estimate of drug-likeness (QED) is 0.0918. The van der Waals surface area contributed by atoms with Crippen LogP contribution >= 0.6 is 22.7 Å². The highest BCUT2D eigenvalue weighted by Crippen LogP contribution is 2.31. The lowest BCUT2D eigenvalue weighted by Crippen LogP contribution is -2.13. The zero-order valence-electron chi connectivity index (χ0n) is 28.7. The van der Waals surface area contributed by atoms with E-state index in [9.17, 15) is 22.8 Å². The summed E-state index contributed by atoms with van der Waals surface area (Å²) < 4.78 is 35.6. The normalized spacial score (nSPS) is 10.9. The van der Waals surface area contributed by atoms with E-state index in [0.29, 0.717) is 15.1 Å². The number of rotatable bonds is 7. The molecule has 276 valence electrons. The van der Waals surface area contributed by atoms with Crippen molar-refractivity contribution in [2.45, 2.75) is 32.4 Å². The van der Waals surface area contributed by atoms with Crippen molar-refractivity contribution in [3.8, 4) is 0 Å². The van der Waals surface area contributed by atoms with E-state index >= 15 is 0 Å². The fourth-order valence-corrected chi connectivity index (χ4v) is 5.82. The van der Waals surface area contributed by atoms with Crippen molar-refractivity contribution >= 4 is 79.2 Å². The van der Waals surface area contributed by atoms with Crippen molar-refractivity contribution in [3.63, 3.8) is 0 Å². The molecule has 0 aliphatic heterocycles. The fourth-order valence-electron chi connectivity index (χ4n) is 4.28. The molecule has 4 aromatic carbocycles. The summed E-state index contributed by atoms with van der Waals surface area (Å²) in [4.78, 5) is 31.9. The number of carbonyl (C=O) groups is 2. The van der Waals surface area contributed by atoms with E-state index in [4.69, 9.17) is 22.3 Å². The number of alkyl halides is 3. The van der Waals surface area contributed by atoms with E-state index in [1.165, 1.54) is 16.9 Å². The van der Waals surface area contributed by atoms with Gasteiger partial charge in [-0.25, -0.2) is 14.8 Å². The minimum Gasteiger partial charge on any atom is -0.699 e. The van der Waals surface area contributed by atoms with Crippen LogP contribution in [-0.2, 0) is 11.6 Å². The number of nitrogens with zero attached hydrogens (tertiary/aromatic N) is 2. The molecule has 6 aromatic rings. The van der Waals surface area contributed by atoms with Crippen molar-refractivity contribution in [1.29, 1.82) is 0 Å². The van der Waals surface area contributed by atoms with Gasteiger partial charge in [0, 0.05) is 17.1 Å². The Bertz CT molecular complexity index is 2100. The van der Waals surface area contributed by atoms with Gasteiger partial charge in [-0.1, -0.05) is 116 Å². The van der Waals surface area contributed by atoms with Crippen molar-refractivity contribution < 1.29 is 27.9 Å². The number of benzene rings is 4. The van der Waals surface area contributed by atoms with E-state index < -0.39 is 17.7 Å². The molecule has 2 heterocycles. The zero-order chi connectivity index (χ0) is 38.8. The summed E-state index contributed by atoms with van der Waals surface area (Å²) in [5.41, 5.74) is 21.4. The number of aromatic carboxylic acids is 1. The standard InChI is InChI=1S/C20H22N4OS.C10H9N3O2S.C7H5F3N/c1-20(2,3)13-9-11-15(12-10-13)22-18(25)16-17(21)24-19(26-16)23-14-7-5-4-6-8-14;11-8-7(9(14)15)16-10(13-8)12-6-4-2-1-3-5-6;8-7(9,10)5-1-3-6(11)4-2-5/h4-12H,21H2,1-3H3,(H,22,25)(H,23,24);1-5H,11H2,(H,12,13)(H,14,15);1-4,11H/q;;-1. The van der Waals surface area contributed by atoms with E-state index in [0.717, 1.165) is 52.7 Å². The summed E-state index contributed by atoms with van der Waals surface area (Å²) in [6.45, 7) is 6.46. The van der Waals surface area contributed by atoms with Crippen LogP contribution in [0.25, 0.3) is 5.73 Å². The number of carboxylic acid groups (broad SMARTS) is 1. The van der Waals surface area contributed by atoms with Gasteiger partial charge in [0.15, 0.2) is 21.0 Å². The molecule has 11 nitrogen and oxygen atoms in total. The van der Waals surface area contributed by atoms with Gasteiger partial charge in [0.05, 0.1) is 5.56 Å². The highest BCUT2D eigenvalue weighted by atomic mass is 32.1. The third kappa shape index (κ3) is 12.0. The highest BCUT2D eigenvalue weighted by Gasteiger charge is 2.29. The smallest absolute Gasteiger partial charge is 0.416 e. The van der Waals surface area contributed by atoms with E-state index in [1.807, 2.05) is 84.9 Å². The molecule has 6 rings (SSSR count). The van der Waals surface area contributed by atoms with Gasteiger partial charge in [-0.15, -0.1) is 5.69 Å². The number of para-hydroxylation sites is 2. The highest BCUT2D eigenvalue weighted by molar-refractivity contribution is 7.18. The molecule has 16 heteroatoms. The lowest BCUT2D eigenvalue weighted by Gasteiger charge is -2.19. The number of thiazole rings is 2. The number of carboxylic acids is 1. The fraction of sp³-hybridized carbons (Fsp3) is 0.135. The van der Waals surface area contributed by atoms with Gasteiger partial charge in [-0.3, -0.25) is 4.79 Å². The summed E-state index contributed by atoms with van der Waals surface area (Å²) in [7, 11) is 0. The van der Waals surface area contributed by atoms with Crippen LogP contribution in [0.15, 0.2) is 109 Å². The second-order valence-electron chi connectivity index (χ2n) is 12.1. The molecule has 0 bridgehead atoms. The first kappa shape index (κ1) is 39.7. The first-order valence-corrected chi connectivity index (χ1v) is 17.3. The predicted molar refractivity (Wildman–Crippen MR) is 208 cm³/mol.